The van der Waals surface area contributed by atoms with Crippen molar-refractivity contribution in [3.63, 3.8) is 0 Å². The van der Waals surface area contributed by atoms with Gasteiger partial charge in [0.2, 0.25) is 0 Å². The summed E-state index contributed by atoms with van der Waals surface area (Å²) in [4.78, 5) is 22.3. The maximum absolute atomic E-state index is 11.4. The van der Waals surface area contributed by atoms with E-state index in [1.165, 1.54) is 0 Å². The molecule has 0 radical (unpaired) electrons. The fourth-order valence-electron chi connectivity index (χ4n) is 1.25. The SMILES string of the molecule is CCOC(=O)[C@H](C(=O)O)c1ccccc1. The second-order valence-electron chi connectivity index (χ2n) is 2.93. The molecule has 1 rings (SSSR count). The standard InChI is InChI=1S/C11H12O4/c1-2-15-11(14)9(10(12)13)8-6-4-3-5-7-8/h3-7,9H,2H2,1H3,(H,12,13)/t9-/m0/s1. The van der Waals surface area contributed by atoms with E-state index in [4.69, 9.17) is 9.84 Å². The van der Waals surface area contributed by atoms with Gasteiger partial charge in [0.25, 0.3) is 0 Å². The summed E-state index contributed by atoms with van der Waals surface area (Å²) in [5.74, 6) is -3.15. The van der Waals surface area contributed by atoms with Crippen LogP contribution in [-0.2, 0) is 14.3 Å². The molecule has 0 bridgehead atoms. The number of benzene rings is 1. The van der Waals surface area contributed by atoms with Crippen LogP contribution in [0.2, 0.25) is 0 Å². The summed E-state index contributed by atoms with van der Waals surface area (Å²) in [6.45, 7) is 1.82. The maximum atomic E-state index is 11.4. The van der Waals surface area contributed by atoms with E-state index in [0.29, 0.717) is 5.56 Å². The average Bonchev–Trinajstić information content (AvgIpc) is 2.19. The Morgan fingerprint density at radius 2 is 1.93 bits per heavy atom. The third-order valence-corrected chi connectivity index (χ3v) is 1.90. The molecule has 1 N–H and O–H groups in total. The lowest BCUT2D eigenvalue weighted by Crippen LogP contribution is -2.23. The van der Waals surface area contributed by atoms with Gasteiger partial charge in [0.15, 0.2) is 5.92 Å². The van der Waals surface area contributed by atoms with Crippen LogP contribution in [0.1, 0.15) is 18.4 Å². The molecule has 1 aromatic carbocycles. The van der Waals surface area contributed by atoms with E-state index in [9.17, 15) is 9.59 Å². The Bertz CT molecular complexity index is 345. The molecule has 0 aliphatic heterocycles. The van der Waals surface area contributed by atoms with Crippen LogP contribution in [0.5, 0.6) is 0 Å². The molecule has 0 aliphatic rings. The molecule has 0 heterocycles. The Morgan fingerprint density at radius 3 is 2.40 bits per heavy atom. The van der Waals surface area contributed by atoms with Crippen molar-refractivity contribution in [1.82, 2.24) is 0 Å². The molecular weight excluding hydrogens is 196 g/mol. The first-order chi connectivity index (χ1) is 7.16. The lowest BCUT2D eigenvalue weighted by atomic mass is 10.00. The van der Waals surface area contributed by atoms with Crippen LogP contribution >= 0.6 is 0 Å². The lowest BCUT2D eigenvalue weighted by Gasteiger charge is -2.10. The minimum atomic E-state index is -1.23. The van der Waals surface area contributed by atoms with Gasteiger partial charge < -0.3 is 9.84 Å². The minimum absolute atomic E-state index is 0.176. The molecule has 15 heavy (non-hydrogen) atoms. The molecule has 1 atom stereocenters. The fraction of sp³-hybridized carbons (Fsp3) is 0.273. The number of hydrogen-bond acceptors (Lipinski definition) is 3. The Balaban J connectivity index is 2.94. The van der Waals surface area contributed by atoms with E-state index in [2.05, 4.69) is 0 Å². The quantitative estimate of drug-likeness (QED) is 0.600. The molecule has 4 nitrogen and oxygen atoms in total. The number of hydrogen-bond donors (Lipinski definition) is 1. The highest BCUT2D eigenvalue weighted by Gasteiger charge is 2.29. The van der Waals surface area contributed by atoms with Crippen LogP contribution in [-0.4, -0.2) is 23.7 Å². The van der Waals surface area contributed by atoms with E-state index >= 15 is 0 Å². The molecule has 1 aromatic rings. The summed E-state index contributed by atoms with van der Waals surface area (Å²) in [6.07, 6.45) is 0. The Kier molecular flexibility index (Phi) is 3.85. The van der Waals surface area contributed by atoms with Crippen LogP contribution in [0.3, 0.4) is 0 Å². The predicted octanol–water partition coefficient (Wildman–Crippen LogP) is 1.42. The molecule has 0 saturated heterocycles. The van der Waals surface area contributed by atoms with Gasteiger partial charge in [0.05, 0.1) is 6.61 Å². The van der Waals surface area contributed by atoms with Crippen molar-refractivity contribution in [2.45, 2.75) is 12.8 Å². The number of carboxylic acids is 1. The highest BCUT2D eigenvalue weighted by molar-refractivity contribution is 5.99. The molecule has 0 spiro atoms. The lowest BCUT2D eigenvalue weighted by molar-refractivity contribution is -0.153. The van der Waals surface area contributed by atoms with E-state index in [-0.39, 0.29) is 6.61 Å². The fourth-order valence-corrected chi connectivity index (χ4v) is 1.25. The highest BCUT2D eigenvalue weighted by Crippen LogP contribution is 2.17. The summed E-state index contributed by atoms with van der Waals surface area (Å²) in [6, 6.07) is 8.31. The van der Waals surface area contributed by atoms with Gasteiger partial charge in [-0.1, -0.05) is 30.3 Å². The van der Waals surface area contributed by atoms with Gasteiger partial charge in [-0.3, -0.25) is 9.59 Å². The van der Waals surface area contributed by atoms with Gasteiger partial charge in [-0.25, -0.2) is 0 Å². The second-order valence-corrected chi connectivity index (χ2v) is 2.93. The zero-order valence-electron chi connectivity index (χ0n) is 8.34. The van der Waals surface area contributed by atoms with Gasteiger partial charge in [0.1, 0.15) is 0 Å². The van der Waals surface area contributed by atoms with Crippen LogP contribution in [0.15, 0.2) is 30.3 Å². The van der Waals surface area contributed by atoms with Crippen molar-refractivity contribution >= 4 is 11.9 Å². The zero-order valence-corrected chi connectivity index (χ0v) is 8.34. The number of carbonyl (C=O) groups excluding carboxylic acids is 1. The third-order valence-electron chi connectivity index (χ3n) is 1.90. The van der Waals surface area contributed by atoms with Crippen molar-refractivity contribution in [1.29, 1.82) is 0 Å². The van der Waals surface area contributed by atoms with Gasteiger partial charge >= 0.3 is 11.9 Å². The van der Waals surface area contributed by atoms with E-state index in [1.807, 2.05) is 0 Å². The number of carboxylic acid groups (broad SMARTS) is 1. The topological polar surface area (TPSA) is 63.6 Å². The Hall–Kier alpha value is -1.84. The Morgan fingerprint density at radius 1 is 1.33 bits per heavy atom. The van der Waals surface area contributed by atoms with Crippen molar-refractivity contribution < 1.29 is 19.4 Å². The average molecular weight is 208 g/mol. The van der Waals surface area contributed by atoms with Crippen LogP contribution < -0.4 is 0 Å². The first-order valence-corrected chi connectivity index (χ1v) is 4.61. The first-order valence-electron chi connectivity index (χ1n) is 4.61. The molecule has 4 heteroatoms. The van der Waals surface area contributed by atoms with E-state index in [0.717, 1.165) is 0 Å². The van der Waals surface area contributed by atoms with Crippen LogP contribution in [0, 0.1) is 0 Å². The largest absolute Gasteiger partial charge is 0.480 e. The number of rotatable bonds is 4. The van der Waals surface area contributed by atoms with Crippen LogP contribution in [0.25, 0.3) is 0 Å². The van der Waals surface area contributed by atoms with Crippen molar-refractivity contribution in [2.24, 2.45) is 0 Å². The summed E-state index contributed by atoms with van der Waals surface area (Å²) >= 11 is 0. The summed E-state index contributed by atoms with van der Waals surface area (Å²) in [5, 5.41) is 8.92. The van der Waals surface area contributed by atoms with Crippen molar-refractivity contribution in [3.8, 4) is 0 Å². The third kappa shape index (κ3) is 2.80. The van der Waals surface area contributed by atoms with E-state index < -0.39 is 17.9 Å². The molecule has 80 valence electrons. The molecule has 0 aliphatic carbocycles. The molecular formula is C11H12O4. The predicted molar refractivity (Wildman–Crippen MR) is 53.5 cm³/mol. The van der Waals surface area contributed by atoms with Crippen molar-refractivity contribution in [2.75, 3.05) is 6.61 Å². The molecule has 0 fully saturated rings. The highest BCUT2D eigenvalue weighted by atomic mass is 16.5. The number of esters is 1. The zero-order chi connectivity index (χ0) is 11.3. The minimum Gasteiger partial charge on any atom is -0.480 e. The number of aliphatic carboxylic acids is 1. The maximum Gasteiger partial charge on any atom is 0.324 e. The van der Waals surface area contributed by atoms with Gasteiger partial charge in [-0.15, -0.1) is 0 Å². The summed E-state index contributed by atoms with van der Waals surface area (Å²) in [5.41, 5.74) is 0.434. The Labute approximate surface area is 87.5 Å². The first kappa shape index (κ1) is 11.2. The van der Waals surface area contributed by atoms with Crippen LogP contribution in [0.4, 0.5) is 0 Å². The van der Waals surface area contributed by atoms with Gasteiger partial charge in [-0.2, -0.15) is 0 Å². The molecule has 0 saturated carbocycles. The molecule has 0 unspecified atom stereocenters. The normalized spacial score (nSPS) is 11.8. The molecule has 0 aromatic heterocycles. The number of ether oxygens (including phenoxy) is 1. The summed E-state index contributed by atoms with van der Waals surface area (Å²) < 4.78 is 4.70. The smallest absolute Gasteiger partial charge is 0.324 e. The summed E-state index contributed by atoms with van der Waals surface area (Å²) in [7, 11) is 0. The number of carbonyl (C=O) groups is 2. The molecule has 0 amide bonds. The second kappa shape index (κ2) is 5.14. The monoisotopic (exact) mass is 208 g/mol. The van der Waals surface area contributed by atoms with Gasteiger partial charge in [0, 0.05) is 0 Å². The van der Waals surface area contributed by atoms with E-state index in [1.54, 1.807) is 37.3 Å². The van der Waals surface area contributed by atoms with Gasteiger partial charge in [-0.05, 0) is 12.5 Å². The van der Waals surface area contributed by atoms with Crippen molar-refractivity contribution in [3.05, 3.63) is 35.9 Å².